The van der Waals surface area contributed by atoms with Crippen molar-refractivity contribution in [2.24, 2.45) is 5.73 Å². The van der Waals surface area contributed by atoms with E-state index < -0.39 is 5.91 Å². The van der Waals surface area contributed by atoms with Crippen LogP contribution in [0.15, 0.2) is 24.5 Å². The minimum Gasteiger partial charge on any atom is -0.370 e. The summed E-state index contributed by atoms with van der Waals surface area (Å²) >= 11 is 5.16. The van der Waals surface area contributed by atoms with Crippen LogP contribution in [-0.2, 0) is 16.1 Å². The summed E-state index contributed by atoms with van der Waals surface area (Å²) in [5, 5.41) is 6.90. The molecule has 0 aliphatic heterocycles. The molecule has 2 heterocycles. The van der Waals surface area contributed by atoms with Crippen LogP contribution in [0.2, 0.25) is 0 Å². The number of carbonyl (C=O) groups excluding carboxylic acids is 1. The Labute approximate surface area is 114 Å². The maximum absolute atomic E-state index is 10.6. The predicted molar refractivity (Wildman–Crippen MR) is 70.7 cm³/mol. The third-order valence-corrected chi connectivity index (χ3v) is 2.71. The number of amides is 1. The van der Waals surface area contributed by atoms with Crippen molar-refractivity contribution in [3.8, 4) is 11.4 Å². The van der Waals surface area contributed by atoms with Gasteiger partial charge in [-0.2, -0.15) is 5.10 Å². The van der Waals surface area contributed by atoms with Crippen LogP contribution in [0.4, 0.5) is 0 Å². The summed E-state index contributed by atoms with van der Waals surface area (Å²) in [6.45, 7) is 0.713. The quantitative estimate of drug-likeness (QED) is 0.593. The number of H-pyrrole nitrogens is 1. The monoisotopic (exact) mass is 279 g/mol. The molecule has 2 rings (SSSR count). The molecule has 0 bridgehead atoms. The number of aromatic amines is 1. The van der Waals surface area contributed by atoms with E-state index in [4.69, 9.17) is 22.7 Å². The van der Waals surface area contributed by atoms with Crippen molar-refractivity contribution in [1.29, 1.82) is 0 Å². The molecule has 0 saturated heterocycles. The molecule has 2 aromatic rings. The van der Waals surface area contributed by atoms with E-state index in [0.29, 0.717) is 23.7 Å². The number of nitrogens with one attached hydrogen (secondary N) is 1. The summed E-state index contributed by atoms with van der Waals surface area (Å²) in [6, 6.07) is 3.68. The summed E-state index contributed by atoms with van der Waals surface area (Å²) in [7, 11) is 0. The second-order valence-electron chi connectivity index (χ2n) is 3.76. The van der Waals surface area contributed by atoms with Crippen molar-refractivity contribution in [1.82, 2.24) is 19.7 Å². The Balaban J connectivity index is 2.10. The molecule has 0 unspecified atom stereocenters. The Bertz CT molecular complexity index is 607. The molecule has 7 nitrogen and oxygen atoms in total. The number of ether oxygens (including phenoxy) is 1. The molecule has 0 radical (unpaired) electrons. The van der Waals surface area contributed by atoms with Gasteiger partial charge in [0.15, 0.2) is 10.6 Å². The molecule has 1 amide bonds. The van der Waals surface area contributed by atoms with E-state index in [1.165, 1.54) is 0 Å². The lowest BCUT2D eigenvalue weighted by Gasteiger charge is -2.06. The van der Waals surface area contributed by atoms with E-state index in [0.717, 1.165) is 5.56 Å². The summed E-state index contributed by atoms with van der Waals surface area (Å²) in [6.07, 6.45) is 3.36. The van der Waals surface area contributed by atoms with Crippen LogP contribution in [-0.4, -0.2) is 38.9 Å². The van der Waals surface area contributed by atoms with Gasteiger partial charge in [-0.1, -0.05) is 0 Å². The van der Waals surface area contributed by atoms with Crippen LogP contribution in [0, 0.1) is 4.77 Å². The third kappa shape index (κ3) is 3.46. The molecular formula is C11H13N5O2S. The lowest BCUT2D eigenvalue weighted by Crippen LogP contribution is -2.19. The Hall–Kier alpha value is -2.06. The molecule has 19 heavy (non-hydrogen) atoms. The van der Waals surface area contributed by atoms with Gasteiger partial charge in [0, 0.05) is 18.0 Å². The minimum absolute atomic E-state index is 0.101. The largest absolute Gasteiger partial charge is 0.370 e. The van der Waals surface area contributed by atoms with Crippen LogP contribution >= 0.6 is 12.2 Å². The molecule has 0 atom stereocenters. The molecule has 0 saturated carbocycles. The van der Waals surface area contributed by atoms with Gasteiger partial charge in [0.1, 0.15) is 6.61 Å². The van der Waals surface area contributed by atoms with E-state index in [9.17, 15) is 4.79 Å². The van der Waals surface area contributed by atoms with Gasteiger partial charge < -0.3 is 10.5 Å². The zero-order valence-electron chi connectivity index (χ0n) is 10.1. The molecular weight excluding hydrogens is 266 g/mol. The maximum atomic E-state index is 10.6. The fourth-order valence-corrected chi connectivity index (χ4v) is 1.80. The molecule has 0 aliphatic rings. The number of primary amides is 1. The second kappa shape index (κ2) is 6.21. The van der Waals surface area contributed by atoms with Crippen LogP contribution in [0.3, 0.4) is 0 Å². The average molecular weight is 279 g/mol. The number of pyridine rings is 1. The van der Waals surface area contributed by atoms with Crippen LogP contribution in [0.1, 0.15) is 0 Å². The molecule has 0 aromatic carbocycles. The summed E-state index contributed by atoms with van der Waals surface area (Å²) in [4.78, 5) is 14.5. The van der Waals surface area contributed by atoms with Crippen molar-refractivity contribution in [2.75, 3.05) is 13.2 Å². The Kier molecular flexibility index (Phi) is 4.37. The standard InChI is InChI=1S/C11H13N5O2S/c12-9(17)7-18-6-5-16-10(14-15-11(16)19)8-1-3-13-4-2-8/h1-4H,5-7H2,(H2,12,17)(H,15,19). The van der Waals surface area contributed by atoms with Crippen LogP contribution in [0.5, 0.6) is 0 Å². The molecule has 0 fully saturated rings. The van der Waals surface area contributed by atoms with Crippen molar-refractivity contribution in [2.45, 2.75) is 6.54 Å². The predicted octanol–water partition coefficient (Wildman–Crippen LogP) is 0.505. The van der Waals surface area contributed by atoms with Crippen molar-refractivity contribution < 1.29 is 9.53 Å². The summed E-state index contributed by atoms with van der Waals surface area (Å²) in [5.74, 6) is 0.209. The van der Waals surface area contributed by atoms with E-state index in [1.807, 2.05) is 12.1 Å². The first kappa shape index (κ1) is 13.4. The van der Waals surface area contributed by atoms with E-state index in [1.54, 1.807) is 17.0 Å². The Morgan fingerprint density at radius 2 is 2.21 bits per heavy atom. The number of rotatable bonds is 6. The average Bonchev–Trinajstić information content (AvgIpc) is 2.77. The number of nitrogens with two attached hydrogens (primary N) is 1. The van der Waals surface area contributed by atoms with Crippen LogP contribution in [0.25, 0.3) is 11.4 Å². The fourth-order valence-electron chi connectivity index (χ4n) is 1.58. The third-order valence-electron chi connectivity index (χ3n) is 2.40. The molecule has 0 spiro atoms. The van der Waals surface area contributed by atoms with Crippen molar-refractivity contribution >= 4 is 18.1 Å². The summed E-state index contributed by atoms with van der Waals surface area (Å²) < 4.78 is 7.41. The Morgan fingerprint density at radius 3 is 2.89 bits per heavy atom. The molecule has 8 heteroatoms. The second-order valence-corrected chi connectivity index (χ2v) is 4.15. The van der Waals surface area contributed by atoms with Gasteiger partial charge in [-0.3, -0.25) is 19.4 Å². The molecule has 100 valence electrons. The highest BCUT2D eigenvalue weighted by atomic mass is 32.1. The zero-order valence-corrected chi connectivity index (χ0v) is 10.9. The van der Waals surface area contributed by atoms with Gasteiger partial charge in [-0.25, -0.2) is 0 Å². The smallest absolute Gasteiger partial charge is 0.243 e. The fraction of sp³-hybridized carbons (Fsp3) is 0.273. The lowest BCUT2D eigenvalue weighted by molar-refractivity contribution is -0.122. The van der Waals surface area contributed by atoms with E-state index >= 15 is 0 Å². The van der Waals surface area contributed by atoms with Crippen molar-refractivity contribution in [3.63, 3.8) is 0 Å². The van der Waals surface area contributed by atoms with Gasteiger partial charge >= 0.3 is 0 Å². The van der Waals surface area contributed by atoms with Gasteiger partial charge in [-0.05, 0) is 24.4 Å². The molecule has 3 N–H and O–H groups in total. The Morgan fingerprint density at radius 1 is 1.47 bits per heavy atom. The SMILES string of the molecule is NC(=O)COCCn1c(-c2ccncc2)n[nH]c1=S. The van der Waals surface area contributed by atoms with Crippen LogP contribution < -0.4 is 5.73 Å². The number of carbonyl (C=O) groups is 1. The molecule has 2 aromatic heterocycles. The maximum Gasteiger partial charge on any atom is 0.243 e. The first-order valence-electron chi connectivity index (χ1n) is 5.60. The number of hydrogen-bond donors (Lipinski definition) is 2. The highest BCUT2D eigenvalue weighted by Crippen LogP contribution is 2.15. The van der Waals surface area contributed by atoms with Gasteiger partial charge in [0.2, 0.25) is 5.91 Å². The van der Waals surface area contributed by atoms with Gasteiger partial charge in [0.25, 0.3) is 0 Å². The lowest BCUT2D eigenvalue weighted by atomic mass is 10.2. The topological polar surface area (TPSA) is 98.8 Å². The highest BCUT2D eigenvalue weighted by Gasteiger charge is 2.08. The number of aromatic nitrogens is 4. The zero-order chi connectivity index (χ0) is 13.7. The number of nitrogens with zero attached hydrogens (tertiary/aromatic N) is 3. The normalized spacial score (nSPS) is 10.5. The van der Waals surface area contributed by atoms with Gasteiger partial charge in [-0.15, -0.1) is 0 Å². The highest BCUT2D eigenvalue weighted by molar-refractivity contribution is 7.71. The molecule has 0 aliphatic carbocycles. The first-order valence-corrected chi connectivity index (χ1v) is 6.01. The van der Waals surface area contributed by atoms with Gasteiger partial charge in [0.05, 0.1) is 13.2 Å². The van der Waals surface area contributed by atoms with E-state index in [-0.39, 0.29) is 6.61 Å². The summed E-state index contributed by atoms with van der Waals surface area (Å²) in [5.41, 5.74) is 5.89. The number of hydrogen-bond acceptors (Lipinski definition) is 5. The van der Waals surface area contributed by atoms with Crippen molar-refractivity contribution in [3.05, 3.63) is 29.3 Å². The first-order chi connectivity index (χ1) is 9.18. The van der Waals surface area contributed by atoms with E-state index in [2.05, 4.69) is 15.2 Å². The minimum atomic E-state index is -0.495.